The van der Waals surface area contributed by atoms with Crippen molar-refractivity contribution in [3.8, 4) is 0 Å². The van der Waals surface area contributed by atoms with Crippen LogP contribution in [0.15, 0.2) is 0 Å². The smallest absolute Gasteiger partial charge is 0.521 e. The Labute approximate surface area is 693 Å². The molecule has 18 unspecified atom stereocenters. The third-order valence-corrected chi connectivity index (χ3v) is 26.0. The molecule has 36 atom stereocenters. The Morgan fingerprint density at radius 2 is 0.922 bits per heavy atom. The molecule has 35 heteroatoms. The lowest BCUT2D eigenvalue weighted by Crippen LogP contribution is -2.70. The lowest BCUT2D eigenvalue weighted by atomic mass is 9.75. The van der Waals surface area contributed by atoms with Crippen molar-refractivity contribution in [1.29, 1.82) is 0 Å². The average molecular weight is 1700 g/mol. The summed E-state index contributed by atoms with van der Waals surface area (Å²) in [6, 6.07) is -1.73. The maximum Gasteiger partial charge on any atom is 0.521 e. The first-order valence-corrected chi connectivity index (χ1v) is 43.2. The van der Waals surface area contributed by atoms with Crippen molar-refractivity contribution in [2.75, 3.05) is 88.3 Å². The zero-order chi connectivity index (χ0) is 88.5. The minimum Gasteiger partial charge on any atom is -0.565 e. The minimum atomic E-state index is -3.04. The number of nitrogens with zero attached hydrogens (tertiary/aromatic N) is 2. The number of carbonyl (C=O) groups is 2. The summed E-state index contributed by atoms with van der Waals surface area (Å²) >= 11 is 0. The summed E-state index contributed by atoms with van der Waals surface area (Å²) in [6.45, 7) is 40.2. The summed E-state index contributed by atoms with van der Waals surface area (Å²) in [7, 11) is 7.55. The fraction of sp³-hybridized carbons (Fsp3) is 0.975. The van der Waals surface area contributed by atoms with Crippen molar-refractivity contribution in [1.82, 2.24) is 31.1 Å². The molecule has 686 valence electrons. The van der Waals surface area contributed by atoms with Gasteiger partial charge in [-0.3, -0.25) is 9.59 Å². The molecule has 0 amide bonds. The Bertz CT molecular complexity index is 2930. The number of nitrogens with one attached hydrogen (secondary N) is 4. The number of hydrogen-bond donors (Lipinski definition) is 15. The molecular formula is C81H159N6O28P. The Kier molecular flexibility index (Phi) is 41.8. The first kappa shape index (κ1) is 106. The third kappa shape index (κ3) is 26.5. The molecule has 0 spiro atoms. The van der Waals surface area contributed by atoms with Crippen LogP contribution in [0.5, 0.6) is 0 Å². The van der Waals surface area contributed by atoms with Gasteiger partial charge in [0.25, 0.3) is 0 Å². The lowest BCUT2D eigenvalue weighted by molar-refractivity contribution is -0.336. The number of ether oxygens (including phenoxy) is 12. The van der Waals surface area contributed by atoms with Gasteiger partial charge in [-0.05, 0) is 212 Å². The van der Waals surface area contributed by atoms with Crippen LogP contribution in [0.2, 0.25) is 0 Å². The van der Waals surface area contributed by atoms with Gasteiger partial charge in [0.05, 0.1) is 72.4 Å². The Balaban J connectivity index is 0.000000567. The monoisotopic (exact) mass is 1700 g/mol. The van der Waals surface area contributed by atoms with Crippen LogP contribution in [-0.2, 0) is 75.7 Å². The van der Waals surface area contributed by atoms with Crippen LogP contribution >= 0.6 is 8.25 Å². The normalized spacial score (nSPS) is 46.0. The van der Waals surface area contributed by atoms with E-state index in [1.807, 2.05) is 100 Å². The Hall–Kier alpha value is -2.12. The highest BCUT2D eigenvalue weighted by Gasteiger charge is 2.61. The summed E-state index contributed by atoms with van der Waals surface area (Å²) in [5, 5.41) is 138. The molecule has 0 aromatic rings. The number of carbonyl (C=O) groups excluding carboxylic acids is 2. The van der Waals surface area contributed by atoms with Crippen LogP contribution in [0.4, 0.5) is 0 Å². The van der Waals surface area contributed by atoms with Gasteiger partial charge >= 0.3 is 20.2 Å². The maximum absolute atomic E-state index is 14.3. The summed E-state index contributed by atoms with van der Waals surface area (Å²) < 4.78 is 87.9. The number of cyclic esters (lactones) is 2. The van der Waals surface area contributed by atoms with E-state index in [1.165, 1.54) is 28.1 Å². The van der Waals surface area contributed by atoms with Gasteiger partial charge in [0, 0.05) is 82.3 Å². The molecule has 0 aromatic carbocycles. The molecule has 0 radical (unpaired) electrons. The number of likely N-dealkylation sites (N-methyl/N-ethyl adjacent to an activating group) is 2. The molecule has 6 aliphatic heterocycles. The molecule has 15 N–H and O–H groups in total. The van der Waals surface area contributed by atoms with E-state index in [9.17, 15) is 60.7 Å². The molecule has 6 rings (SSSR count). The molecule has 0 bridgehead atoms. The van der Waals surface area contributed by atoms with Gasteiger partial charge in [-0.1, -0.05) is 55.4 Å². The molecule has 0 saturated carbocycles. The molecule has 6 heterocycles. The van der Waals surface area contributed by atoms with E-state index >= 15 is 0 Å². The topological polar surface area (TPSA) is 471 Å². The van der Waals surface area contributed by atoms with Crippen LogP contribution in [0.3, 0.4) is 0 Å². The minimum absolute atomic E-state index is 0. The summed E-state index contributed by atoms with van der Waals surface area (Å²) in [5.41, 5.74) is -11.9. The zero-order valence-corrected chi connectivity index (χ0v) is 75.7. The first-order chi connectivity index (χ1) is 53.7. The second-order valence-corrected chi connectivity index (χ2v) is 36.8. The molecule has 6 aliphatic rings. The lowest BCUT2D eigenvalue weighted by Gasteiger charge is -2.53. The van der Waals surface area contributed by atoms with Crippen molar-refractivity contribution >= 4 is 20.2 Å². The van der Waals surface area contributed by atoms with Gasteiger partial charge in [-0.25, -0.2) is 5.26 Å². The number of hydrogen-bond acceptors (Lipinski definition) is 34. The molecule has 6 fully saturated rings. The van der Waals surface area contributed by atoms with Crippen LogP contribution in [0, 0.1) is 35.5 Å². The predicted molar refractivity (Wildman–Crippen MR) is 432 cm³/mol. The van der Waals surface area contributed by atoms with E-state index in [4.69, 9.17) is 71.6 Å². The molecular weight excluding hydrogens is 1540 g/mol. The second-order valence-electron chi connectivity index (χ2n) is 36.2. The summed E-state index contributed by atoms with van der Waals surface area (Å²) in [6.07, 6.45) is -13.1. The van der Waals surface area contributed by atoms with Crippen molar-refractivity contribution in [2.24, 2.45) is 35.5 Å². The predicted octanol–water partition coefficient (Wildman–Crippen LogP) is 3.21. The molecule has 6 saturated heterocycles. The van der Waals surface area contributed by atoms with E-state index < -0.39 is 199 Å². The van der Waals surface area contributed by atoms with E-state index in [-0.39, 0.29) is 83.1 Å². The van der Waals surface area contributed by atoms with E-state index in [0.717, 1.165) is 12.8 Å². The van der Waals surface area contributed by atoms with Crippen LogP contribution in [-0.4, -0.2) is 340 Å². The largest absolute Gasteiger partial charge is 0.565 e. The Morgan fingerprint density at radius 1 is 0.560 bits per heavy atom. The fourth-order valence-electron chi connectivity index (χ4n) is 18.2. The number of aliphatic hydroxyl groups excluding tert-OH is 4. The number of aliphatic hydroxyl groups is 10. The molecule has 0 aromatic heterocycles. The van der Waals surface area contributed by atoms with Crippen LogP contribution in [0.25, 0.3) is 0 Å². The van der Waals surface area contributed by atoms with E-state index in [2.05, 4.69) is 25.9 Å². The van der Waals surface area contributed by atoms with Crippen molar-refractivity contribution in [3.05, 3.63) is 0 Å². The van der Waals surface area contributed by atoms with Crippen molar-refractivity contribution in [2.45, 2.75) is 383 Å². The zero-order valence-electron chi connectivity index (χ0n) is 74.8. The van der Waals surface area contributed by atoms with Crippen LogP contribution < -0.4 is 26.2 Å². The molecule has 116 heavy (non-hydrogen) atoms. The molecule has 34 nitrogen and oxygen atoms in total. The summed E-state index contributed by atoms with van der Waals surface area (Å²) in [5.74, 6) is -5.31. The number of esters is 2. The average Bonchev–Trinajstić information content (AvgIpc) is 0.808. The second kappa shape index (κ2) is 45.7. The fourth-order valence-corrected chi connectivity index (χ4v) is 18.2. The maximum atomic E-state index is 14.3. The van der Waals surface area contributed by atoms with Crippen molar-refractivity contribution in [3.63, 3.8) is 0 Å². The van der Waals surface area contributed by atoms with Gasteiger partial charge in [0.15, 0.2) is 25.2 Å². The van der Waals surface area contributed by atoms with E-state index in [0.29, 0.717) is 45.6 Å². The summed E-state index contributed by atoms with van der Waals surface area (Å²) in [4.78, 5) is 41.4. The third-order valence-electron chi connectivity index (χ3n) is 25.9. The van der Waals surface area contributed by atoms with Crippen molar-refractivity contribution < 1.29 is 138 Å². The van der Waals surface area contributed by atoms with Gasteiger partial charge in [-0.15, -0.1) is 0 Å². The number of methoxy groups -OCH3 is 2. The highest BCUT2D eigenvalue weighted by molar-refractivity contribution is 7.30. The van der Waals surface area contributed by atoms with Gasteiger partial charge < -0.3 is 144 Å². The SMILES string of the molecule is CCCNC[C@]1(O)C(C)OC(OC2C(C)C(=O)OC(CC)[C@@](C)(O)[C@H](O)[C@@H](C)NC[C@H](C)C[C@](C)(O)[C@H](OC3OC(C)CC(N(C)C)[C@H]3O)C2C)C[C@@]1(C)OC.CCCNC[C@]1(O)C(C)OC(OC2C(C)C(=O)OC(CC)[C@@](C)(O)[C@H](O)[C@@H](C)NC[C@H](C)C[C@](C)(O)[C@H](OC3OCCC(N(C)C)[C@H]3O)C2C)C[C@@]1(C)OC.O=[P+]([O-])OO.[HH]. The van der Waals surface area contributed by atoms with Gasteiger partial charge in [0.1, 0.15) is 70.2 Å². The number of rotatable bonds is 23. The first-order valence-electron chi connectivity index (χ1n) is 42.1. The standard InChI is InChI=1S/C41H79N3O12.C40H77N3O12.HO4P.H2/c1-15-17-42-22-41(50)28(8)53-31(20-39(41,10)51-14)55-33-25(5)35(56-37-32(45)29(44(12)13)18-24(4)52-37)38(9,48)19-23(3)21-43-27(7)34(46)40(11,49)30(16-2)54-36(47)26(33)6;1-14-17-41-22-40(49)27(7)52-30(20-38(40,9)50-13)54-32-24(4)34(55-36-31(44)28(43(11)12)16-18-51-36)37(8,47)19-23(3)21-42-26(6)33(45)39(10,48)29(15-2)53-35(46)25(32)5;1-4-5(2)3;/h23-35,37,42-43,45-46,48-50H,15-22H2,1-14H3;23-34,36,41-42,44-45,47-49H,14-22H2,1-13H3;1H;1H/t23-,24?,25?,26?,27-,28?,29?,30?,31?,32-,33?,34-,35-,37?,38+,39-,40-,41+;23-,24?,25?,26-,27?,28?,29?,30?,31-,32?,33-,34-,36?,37+,38-,39-,40+;;/m11../s1. The van der Waals surface area contributed by atoms with E-state index in [1.54, 1.807) is 69.2 Å². The highest BCUT2D eigenvalue weighted by Crippen LogP contribution is 2.46. The Morgan fingerprint density at radius 3 is 1.26 bits per heavy atom. The van der Waals surface area contributed by atoms with Crippen LogP contribution in [0.1, 0.15) is 211 Å². The highest BCUT2D eigenvalue weighted by atomic mass is 31.1. The van der Waals surface area contributed by atoms with Gasteiger partial charge in [-0.2, -0.15) is 0 Å². The molecule has 0 aliphatic carbocycles. The quantitative estimate of drug-likeness (QED) is 0.0230. The van der Waals surface area contributed by atoms with Gasteiger partial charge in [0.2, 0.25) is 0 Å².